The molecule has 4 rings (SSSR count). The Balaban J connectivity index is 1.90. The predicted molar refractivity (Wildman–Crippen MR) is 129 cm³/mol. The number of carbonyl (C=O) groups is 2. The quantitative estimate of drug-likeness (QED) is 0.412. The van der Waals surface area contributed by atoms with Gasteiger partial charge in [0.2, 0.25) is 0 Å². The number of aldehydes is 2. The lowest BCUT2D eigenvalue weighted by Crippen LogP contribution is -2.56. The highest BCUT2D eigenvalue weighted by molar-refractivity contribution is 5.95. The van der Waals surface area contributed by atoms with Crippen molar-refractivity contribution in [3.8, 4) is 17.2 Å². The molecule has 0 radical (unpaired) electrons. The zero-order valence-electron chi connectivity index (χ0n) is 21.3. The van der Waals surface area contributed by atoms with Crippen LogP contribution in [0.4, 0.5) is 0 Å². The molecule has 0 saturated heterocycles. The van der Waals surface area contributed by atoms with Crippen molar-refractivity contribution in [3.05, 3.63) is 16.7 Å². The monoisotopic (exact) mass is 472 g/mol. The number of phenolic OH excluding ortho intramolecular Hbond substituents is 3. The van der Waals surface area contributed by atoms with Crippen LogP contribution in [0.15, 0.2) is 0 Å². The molecule has 1 unspecified atom stereocenters. The van der Waals surface area contributed by atoms with Gasteiger partial charge >= 0.3 is 0 Å². The summed E-state index contributed by atoms with van der Waals surface area (Å²) in [5, 5.41) is 44.1. The van der Waals surface area contributed by atoms with Crippen LogP contribution in [-0.2, 0) is 0 Å². The number of benzene rings is 1. The average Bonchev–Trinajstić information content (AvgIpc) is 3.27. The Morgan fingerprint density at radius 3 is 1.97 bits per heavy atom. The fraction of sp³-hybridized carbons (Fsp3) is 0.714. The van der Waals surface area contributed by atoms with Gasteiger partial charge in [-0.3, -0.25) is 9.59 Å². The van der Waals surface area contributed by atoms with Gasteiger partial charge in [0.1, 0.15) is 17.2 Å². The van der Waals surface area contributed by atoms with Gasteiger partial charge in [0.05, 0.1) is 16.7 Å². The molecule has 6 heteroatoms. The lowest BCUT2D eigenvalue weighted by atomic mass is 9.47. The molecule has 34 heavy (non-hydrogen) atoms. The molecule has 7 atom stereocenters. The van der Waals surface area contributed by atoms with Crippen molar-refractivity contribution in [2.24, 2.45) is 40.4 Å². The van der Waals surface area contributed by atoms with Gasteiger partial charge in [-0.15, -0.1) is 0 Å². The highest BCUT2D eigenvalue weighted by Crippen LogP contribution is 2.76. The first kappa shape index (κ1) is 25.0. The number of carbonyl (C=O) groups excluding carboxylic acids is 2. The van der Waals surface area contributed by atoms with E-state index in [0.29, 0.717) is 43.7 Å². The van der Waals surface area contributed by atoms with E-state index >= 15 is 0 Å². The summed E-state index contributed by atoms with van der Waals surface area (Å²) < 4.78 is 0. The molecule has 0 heterocycles. The first-order valence-electron chi connectivity index (χ1n) is 12.7. The molecule has 1 aromatic rings. The molecule has 3 saturated carbocycles. The summed E-state index contributed by atoms with van der Waals surface area (Å²) in [5.41, 5.74) is -1.40. The average molecular weight is 473 g/mol. The summed E-state index contributed by atoms with van der Waals surface area (Å²) in [6, 6.07) is 0. The summed E-state index contributed by atoms with van der Waals surface area (Å²) in [6.07, 6.45) is 4.66. The zero-order valence-corrected chi connectivity index (χ0v) is 21.3. The second kappa shape index (κ2) is 7.97. The molecule has 0 amide bonds. The highest BCUT2D eigenvalue weighted by atomic mass is 16.3. The fourth-order valence-electron chi connectivity index (χ4n) is 8.48. The van der Waals surface area contributed by atoms with Crippen LogP contribution < -0.4 is 0 Å². The maximum absolute atomic E-state index is 11.7. The molecular formula is C28H40O6. The molecule has 6 nitrogen and oxygen atoms in total. The number of rotatable bonds is 6. The third kappa shape index (κ3) is 3.39. The second-order valence-corrected chi connectivity index (χ2v) is 12.7. The Morgan fingerprint density at radius 2 is 1.47 bits per heavy atom. The van der Waals surface area contributed by atoms with E-state index in [1.165, 1.54) is 0 Å². The number of hydrogen-bond donors (Lipinski definition) is 4. The van der Waals surface area contributed by atoms with Crippen molar-refractivity contribution in [1.29, 1.82) is 0 Å². The van der Waals surface area contributed by atoms with Gasteiger partial charge in [-0.1, -0.05) is 34.6 Å². The smallest absolute Gasteiger partial charge is 0.157 e. The maximum atomic E-state index is 11.7. The second-order valence-electron chi connectivity index (χ2n) is 12.7. The minimum Gasteiger partial charge on any atom is -0.507 e. The Bertz CT molecular complexity index is 974. The van der Waals surface area contributed by atoms with Crippen LogP contribution in [0.2, 0.25) is 0 Å². The van der Waals surface area contributed by atoms with E-state index in [1.807, 2.05) is 6.92 Å². The normalized spacial score (nSPS) is 36.9. The lowest BCUT2D eigenvalue weighted by molar-refractivity contribution is -0.155. The molecule has 0 bridgehead atoms. The number of aromatic hydroxyl groups is 3. The Kier molecular flexibility index (Phi) is 5.87. The number of aliphatic hydroxyl groups is 1. The third-order valence-corrected chi connectivity index (χ3v) is 10.0. The molecule has 3 fully saturated rings. The Labute approximate surface area is 202 Å². The maximum Gasteiger partial charge on any atom is 0.157 e. The number of hydrogen-bond acceptors (Lipinski definition) is 6. The van der Waals surface area contributed by atoms with Crippen LogP contribution in [0.25, 0.3) is 0 Å². The number of fused-ring (bicyclic) bond motifs is 3. The molecular weight excluding hydrogens is 432 g/mol. The summed E-state index contributed by atoms with van der Waals surface area (Å²) in [4.78, 5) is 23.5. The Hall–Kier alpha value is -2.08. The third-order valence-electron chi connectivity index (χ3n) is 10.0. The fourth-order valence-corrected chi connectivity index (χ4v) is 8.48. The molecule has 0 spiro atoms. The van der Waals surface area contributed by atoms with Crippen molar-refractivity contribution in [2.75, 3.05) is 0 Å². The van der Waals surface area contributed by atoms with Crippen LogP contribution in [0, 0.1) is 40.4 Å². The van der Waals surface area contributed by atoms with Crippen molar-refractivity contribution >= 4 is 12.6 Å². The van der Waals surface area contributed by atoms with Gasteiger partial charge in [0.15, 0.2) is 12.6 Å². The first-order chi connectivity index (χ1) is 15.7. The van der Waals surface area contributed by atoms with Crippen molar-refractivity contribution in [2.45, 2.75) is 85.2 Å². The summed E-state index contributed by atoms with van der Waals surface area (Å²) in [5.74, 6) is -0.575. The molecule has 0 aliphatic heterocycles. The molecule has 0 aromatic heterocycles. The molecule has 4 N–H and O–H groups in total. The zero-order chi connectivity index (χ0) is 25.4. The topological polar surface area (TPSA) is 115 Å². The first-order valence-corrected chi connectivity index (χ1v) is 12.7. The molecule has 1 aromatic carbocycles. The largest absolute Gasteiger partial charge is 0.507 e. The van der Waals surface area contributed by atoms with Crippen LogP contribution in [0.3, 0.4) is 0 Å². The van der Waals surface area contributed by atoms with Gasteiger partial charge in [0, 0.05) is 5.56 Å². The molecule has 3 aliphatic rings. The van der Waals surface area contributed by atoms with Crippen LogP contribution in [0.5, 0.6) is 17.2 Å². The van der Waals surface area contributed by atoms with Crippen molar-refractivity contribution < 1.29 is 30.0 Å². The molecule has 3 aliphatic carbocycles. The number of phenols is 3. The van der Waals surface area contributed by atoms with E-state index in [-0.39, 0.29) is 51.2 Å². The SMILES string of the molecule is CC(C)C[C@@H](c1c(O)c(C=O)c(O)c(C=O)c1O)[C@@H]1CC[C@@](C)(O)C2[C@H]3[C@H](CC[C@]21C)C3(C)C. The standard InChI is InChI=1S/C28H40O6/c1-14(2)11-15(20-23(32)16(12-29)22(31)17(13-30)24(20)33)18-8-10-28(6,34)25-21-19(26(21,3)4)7-9-27(18,25)5/h12-15,18-19,21,25,31-34H,7-11H2,1-6H3/t15-,18+,19+,21-,25?,27+,28-/m1/s1. The van der Waals surface area contributed by atoms with Crippen LogP contribution in [-0.4, -0.2) is 38.6 Å². The van der Waals surface area contributed by atoms with E-state index < -0.39 is 22.8 Å². The van der Waals surface area contributed by atoms with Gasteiger partial charge in [0.25, 0.3) is 0 Å². The van der Waals surface area contributed by atoms with E-state index in [4.69, 9.17) is 0 Å². The summed E-state index contributed by atoms with van der Waals surface area (Å²) >= 11 is 0. The van der Waals surface area contributed by atoms with Crippen molar-refractivity contribution in [1.82, 2.24) is 0 Å². The van der Waals surface area contributed by atoms with E-state index in [0.717, 1.165) is 12.8 Å². The van der Waals surface area contributed by atoms with E-state index in [2.05, 4.69) is 34.6 Å². The lowest BCUT2D eigenvalue weighted by Gasteiger charge is -2.59. The minimum absolute atomic E-state index is 0.0258. The van der Waals surface area contributed by atoms with E-state index in [9.17, 15) is 30.0 Å². The van der Waals surface area contributed by atoms with E-state index in [1.54, 1.807) is 0 Å². The summed E-state index contributed by atoms with van der Waals surface area (Å²) in [7, 11) is 0. The van der Waals surface area contributed by atoms with Crippen LogP contribution >= 0.6 is 0 Å². The van der Waals surface area contributed by atoms with Gasteiger partial charge in [-0.05, 0) is 85.4 Å². The minimum atomic E-state index is -0.800. The van der Waals surface area contributed by atoms with Gasteiger partial charge in [-0.2, -0.15) is 0 Å². The molecule has 188 valence electrons. The van der Waals surface area contributed by atoms with Crippen molar-refractivity contribution in [3.63, 3.8) is 0 Å². The van der Waals surface area contributed by atoms with Crippen LogP contribution in [0.1, 0.15) is 106 Å². The summed E-state index contributed by atoms with van der Waals surface area (Å²) in [6.45, 7) is 13.0. The van der Waals surface area contributed by atoms with Gasteiger partial charge < -0.3 is 20.4 Å². The predicted octanol–water partition coefficient (Wildman–Crippen LogP) is 5.41. The van der Waals surface area contributed by atoms with Gasteiger partial charge in [-0.25, -0.2) is 0 Å². The Morgan fingerprint density at radius 1 is 0.912 bits per heavy atom. The highest BCUT2D eigenvalue weighted by Gasteiger charge is 2.72.